The van der Waals surface area contributed by atoms with Crippen molar-refractivity contribution in [3.05, 3.63) is 109 Å². The summed E-state index contributed by atoms with van der Waals surface area (Å²) >= 11 is 10.2. The third-order valence-electron chi connectivity index (χ3n) is 5.91. The van der Waals surface area contributed by atoms with Gasteiger partial charge in [-0.15, -0.1) is 0 Å². The number of hydrogen-bond acceptors (Lipinski definition) is 7. The number of thiocarbonyl (C=S) groups is 1. The number of halogens is 1. The summed E-state index contributed by atoms with van der Waals surface area (Å²) in [5.74, 6) is 0.757. The molecule has 1 aliphatic rings. The van der Waals surface area contributed by atoms with Crippen LogP contribution in [0.25, 0.3) is 16.8 Å². The molecule has 1 amide bonds. The van der Waals surface area contributed by atoms with Crippen molar-refractivity contribution in [2.45, 2.75) is 6.61 Å². The molecule has 0 atom stereocenters. The third-order valence-corrected chi connectivity index (χ3v) is 7.81. The molecule has 4 aromatic carbocycles. The van der Waals surface area contributed by atoms with E-state index in [0.717, 1.165) is 33.7 Å². The van der Waals surface area contributed by atoms with Gasteiger partial charge in [0.25, 0.3) is 11.6 Å². The molecule has 0 aromatic heterocycles. The molecule has 4 aromatic rings. The van der Waals surface area contributed by atoms with Crippen LogP contribution >= 0.6 is 39.9 Å². The molecule has 0 radical (unpaired) electrons. The highest BCUT2D eigenvalue weighted by molar-refractivity contribution is 9.10. The van der Waals surface area contributed by atoms with Crippen LogP contribution in [0.15, 0.2) is 88.2 Å². The number of methoxy groups -OCH3 is 1. The van der Waals surface area contributed by atoms with Gasteiger partial charge in [0, 0.05) is 12.1 Å². The average Bonchev–Trinajstić information content (AvgIpc) is 3.19. The van der Waals surface area contributed by atoms with E-state index in [1.165, 1.54) is 29.2 Å². The van der Waals surface area contributed by atoms with Crippen LogP contribution in [0, 0.1) is 10.1 Å². The quantitative estimate of drug-likeness (QED) is 0.0931. The highest BCUT2D eigenvalue weighted by Crippen LogP contribution is 2.41. The first-order valence-corrected chi connectivity index (χ1v) is 13.4. The number of non-ortho nitro benzene ring substituents is 1. The molecule has 190 valence electrons. The molecule has 0 unspecified atom stereocenters. The summed E-state index contributed by atoms with van der Waals surface area (Å²) in [5, 5.41) is 13.2. The van der Waals surface area contributed by atoms with Crippen molar-refractivity contribution in [3.8, 4) is 11.5 Å². The summed E-state index contributed by atoms with van der Waals surface area (Å²) in [5.41, 5.74) is 2.18. The Labute approximate surface area is 236 Å². The minimum absolute atomic E-state index is 0.0607. The van der Waals surface area contributed by atoms with Crippen molar-refractivity contribution in [2.24, 2.45) is 0 Å². The van der Waals surface area contributed by atoms with Crippen LogP contribution < -0.4 is 14.4 Å². The minimum atomic E-state index is -0.491. The monoisotopic (exact) mass is 606 g/mol. The number of ether oxygens (including phenoxy) is 2. The Morgan fingerprint density at radius 1 is 1.08 bits per heavy atom. The second-order valence-electron chi connectivity index (χ2n) is 8.25. The zero-order chi connectivity index (χ0) is 26.8. The van der Waals surface area contributed by atoms with Crippen LogP contribution in [-0.4, -0.2) is 22.3 Å². The van der Waals surface area contributed by atoms with Crippen LogP contribution in [0.1, 0.15) is 11.1 Å². The molecule has 1 fully saturated rings. The molecule has 0 saturated carbocycles. The molecular formula is C28H19BrN2O5S2. The summed E-state index contributed by atoms with van der Waals surface area (Å²) < 4.78 is 12.8. The van der Waals surface area contributed by atoms with Crippen molar-refractivity contribution in [1.82, 2.24) is 0 Å². The van der Waals surface area contributed by atoms with Crippen LogP contribution in [0.2, 0.25) is 0 Å². The molecule has 0 spiro atoms. The molecule has 10 heteroatoms. The molecule has 0 N–H and O–H groups in total. The summed E-state index contributed by atoms with van der Waals surface area (Å²) in [7, 11) is 1.56. The first-order chi connectivity index (χ1) is 18.4. The summed E-state index contributed by atoms with van der Waals surface area (Å²) in [4.78, 5) is 25.4. The predicted octanol–water partition coefficient (Wildman–Crippen LogP) is 7.50. The molecule has 1 heterocycles. The van der Waals surface area contributed by atoms with Crippen molar-refractivity contribution < 1.29 is 19.2 Å². The lowest BCUT2D eigenvalue weighted by Gasteiger charge is -2.15. The van der Waals surface area contributed by atoms with Crippen LogP contribution in [-0.2, 0) is 11.4 Å². The zero-order valence-corrected chi connectivity index (χ0v) is 23.1. The number of carbonyl (C=O) groups excluding carboxylic acids is 1. The number of nitro benzene ring substituents is 1. The average molecular weight is 608 g/mol. The number of nitrogens with zero attached hydrogens (tertiary/aromatic N) is 2. The highest BCUT2D eigenvalue weighted by atomic mass is 79.9. The minimum Gasteiger partial charge on any atom is -0.493 e. The maximum Gasteiger partial charge on any atom is 0.270 e. The van der Waals surface area contributed by atoms with E-state index in [2.05, 4.69) is 34.1 Å². The topological polar surface area (TPSA) is 81.9 Å². The fourth-order valence-electron chi connectivity index (χ4n) is 4.10. The van der Waals surface area contributed by atoms with E-state index in [1.807, 2.05) is 30.3 Å². The van der Waals surface area contributed by atoms with E-state index in [0.29, 0.717) is 37.5 Å². The van der Waals surface area contributed by atoms with Crippen molar-refractivity contribution >= 4 is 78.4 Å². The molecule has 0 aliphatic carbocycles. The Kier molecular flexibility index (Phi) is 7.46. The van der Waals surface area contributed by atoms with Gasteiger partial charge in [-0.05, 0) is 68.2 Å². The number of hydrogen-bond donors (Lipinski definition) is 0. The third kappa shape index (κ3) is 5.15. The number of anilines is 1. The van der Waals surface area contributed by atoms with Crippen molar-refractivity contribution in [2.75, 3.05) is 12.0 Å². The second kappa shape index (κ2) is 10.9. The lowest BCUT2D eigenvalue weighted by atomic mass is 10.1. The van der Waals surface area contributed by atoms with Gasteiger partial charge in [0.15, 0.2) is 15.8 Å². The number of nitro groups is 1. The van der Waals surface area contributed by atoms with Gasteiger partial charge < -0.3 is 9.47 Å². The number of thioether (sulfide) groups is 1. The number of carbonyl (C=O) groups is 1. The van der Waals surface area contributed by atoms with Crippen molar-refractivity contribution in [3.63, 3.8) is 0 Å². The first kappa shape index (κ1) is 25.9. The summed E-state index contributed by atoms with van der Waals surface area (Å²) in [6.45, 7) is 0.351. The smallest absolute Gasteiger partial charge is 0.270 e. The van der Waals surface area contributed by atoms with E-state index < -0.39 is 4.92 Å². The van der Waals surface area contributed by atoms with Gasteiger partial charge in [0.1, 0.15) is 6.61 Å². The number of fused-ring (bicyclic) bond motifs is 1. The summed E-state index contributed by atoms with van der Waals surface area (Å²) in [6, 6.07) is 23.6. The Hall–Kier alpha value is -3.73. The van der Waals surface area contributed by atoms with Gasteiger partial charge in [0.2, 0.25) is 0 Å². The molecule has 7 nitrogen and oxygen atoms in total. The van der Waals surface area contributed by atoms with E-state index >= 15 is 0 Å². The normalized spacial score (nSPS) is 14.4. The highest BCUT2D eigenvalue weighted by Gasteiger charge is 2.33. The van der Waals surface area contributed by atoms with Gasteiger partial charge in [-0.2, -0.15) is 0 Å². The van der Waals surface area contributed by atoms with Gasteiger partial charge in [0.05, 0.1) is 27.1 Å². The maximum absolute atomic E-state index is 13.2. The van der Waals surface area contributed by atoms with Crippen LogP contribution in [0.3, 0.4) is 0 Å². The van der Waals surface area contributed by atoms with E-state index in [9.17, 15) is 14.9 Å². The van der Waals surface area contributed by atoms with Gasteiger partial charge >= 0.3 is 0 Å². The number of amides is 1. The van der Waals surface area contributed by atoms with Crippen molar-refractivity contribution in [1.29, 1.82) is 0 Å². The van der Waals surface area contributed by atoms with Crippen LogP contribution in [0.5, 0.6) is 11.5 Å². The van der Waals surface area contributed by atoms with Gasteiger partial charge in [-0.25, -0.2) is 0 Å². The lowest BCUT2D eigenvalue weighted by molar-refractivity contribution is -0.384. The van der Waals surface area contributed by atoms with E-state index in [1.54, 1.807) is 19.3 Å². The first-order valence-electron chi connectivity index (χ1n) is 11.3. The number of benzene rings is 4. The Bertz CT molecular complexity index is 1620. The van der Waals surface area contributed by atoms with Gasteiger partial charge in [-0.3, -0.25) is 19.8 Å². The lowest BCUT2D eigenvalue weighted by Crippen LogP contribution is -2.27. The van der Waals surface area contributed by atoms with Crippen LogP contribution in [0.4, 0.5) is 11.4 Å². The zero-order valence-electron chi connectivity index (χ0n) is 19.9. The Balaban J connectivity index is 1.38. The Morgan fingerprint density at radius 2 is 1.82 bits per heavy atom. The standard InChI is InChI=1S/C28H19BrN2O5S2/c1-35-24-14-17(13-23(29)26(24)36-16-19-7-4-6-18-5-2-3-8-22(18)19)15-25-27(32)30(28(37)38-25)20-9-11-21(12-10-20)31(33)34/h2-15H,16H2,1H3/b25-15-. The molecule has 0 bridgehead atoms. The molecule has 38 heavy (non-hydrogen) atoms. The fourth-order valence-corrected chi connectivity index (χ4v) is 5.97. The summed E-state index contributed by atoms with van der Waals surface area (Å²) in [6.07, 6.45) is 1.73. The molecule has 1 aliphatic heterocycles. The van der Waals surface area contributed by atoms with E-state index in [-0.39, 0.29) is 11.6 Å². The predicted molar refractivity (Wildman–Crippen MR) is 158 cm³/mol. The number of rotatable bonds is 7. The molecular weight excluding hydrogens is 588 g/mol. The van der Waals surface area contributed by atoms with E-state index in [4.69, 9.17) is 21.7 Å². The largest absolute Gasteiger partial charge is 0.493 e. The Morgan fingerprint density at radius 3 is 2.55 bits per heavy atom. The second-order valence-corrected chi connectivity index (χ2v) is 10.8. The SMILES string of the molecule is COc1cc(/C=C2\SC(=S)N(c3ccc([N+](=O)[O-])cc3)C2=O)cc(Br)c1OCc1cccc2ccccc12. The van der Waals surface area contributed by atoms with Gasteiger partial charge in [-0.1, -0.05) is 66.4 Å². The fraction of sp³-hybridized carbons (Fsp3) is 0.0714. The molecule has 1 saturated heterocycles. The maximum atomic E-state index is 13.2. The molecule has 5 rings (SSSR count).